The topological polar surface area (TPSA) is 72.7 Å². The molecule has 0 bridgehead atoms. The van der Waals surface area contributed by atoms with E-state index in [1.807, 2.05) is 24.3 Å². The largest absolute Gasteiger partial charge is 0.380 e. The van der Waals surface area contributed by atoms with Gasteiger partial charge in [-0.1, -0.05) is 18.2 Å². The SMILES string of the molecule is CN=C(NCc1ccc(F)c(COC)c1)NC1CCCN(c2ccccc2C#N)C1. The molecule has 0 amide bonds. The van der Waals surface area contributed by atoms with Gasteiger partial charge in [-0.2, -0.15) is 5.26 Å². The van der Waals surface area contributed by atoms with Crippen LogP contribution in [-0.4, -0.2) is 39.2 Å². The number of para-hydroxylation sites is 1. The molecule has 0 radical (unpaired) electrons. The highest BCUT2D eigenvalue weighted by atomic mass is 19.1. The number of anilines is 1. The molecule has 0 aromatic heterocycles. The molecule has 30 heavy (non-hydrogen) atoms. The third kappa shape index (κ3) is 5.49. The standard InChI is InChI=1S/C23H28FN5O/c1-26-23(27-14-17-9-10-21(24)19(12-17)16-30-2)28-20-7-5-11-29(15-20)22-8-4-3-6-18(22)13-25/h3-4,6,8-10,12,20H,5,7,11,14-16H2,1-2H3,(H2,26,27,28). The van der Waals surface area contributed by atoms with E-state index in [1.54, 1.807) is 26.3 Å². The van der Waals surface area contributed by atoms with Crippen LogP contribution >= 0.6 is 0 Å². The summed E-state index contributed by atoms with van der Waals surface area (Å²) in [5.74, 6) is 0.441. The van der Waals surface area contributed by atoms with E-state index in [9.17, 15) is 9.65 Å². The lowest BCUT2D eigenvalue weighted by molar-refractivity contribution is 0.181. The quantitative estimate of drug-likeness (QED) is 0.566. The van der Waals surface area contributed by atoms with Gasteiger partial charge in [0.1, 0.15) is 11.9 Å². The molecular weight excluding hydrogens is 381 g/mol. The van der Waals surface area contributed by atoms with Crippen molar-refractivity contribution in [1.29, 1.82) is 5.26 Å². The normalized spacial score (nSPS) is 16.8. The van der Waals surface area contributed by atoms with E-state index in [-0.39, 0.29) is 18.5 Å². The number of methoxy groups -OCH3 is 1. The molecule has 1 aliphatic rings. The van der Waals surface area contributed by atoms with Gasteiger partial charge in [0, 0.05) is 45.4 Å². The van der Waals surface area contributed by atoms with Gasteiger partial charge in [-0.05, 0) is 42.7 Å². The number of hydrogen-bond acceptors (Lipinski definition) is 4. The maximum atomic E-state index is 13.8. The minimum absolute atomic E-state index is 0.217. The van der Waals surface area contributed by atoms with Gasteiger partial charge in [-0.25, -0.2) is 4.39 Å². The number of benzene rings is 2. The van der Waals surface area contributed by atoms with Crippen LogP contribution < -0.4 is 15.5 Å². The first-order valence-corrected chi connectivity index (χ1v) is 10.1. The summed E-state index contributed by atoms with van der Waals surface area (Å²) < 4.78 is 18.9. The fourth-order valence-corrected chi connectivity index (χ4v) is 3.74. The number of hydrogen-bond donors (Lipinski definition) is 2. The van der Waals surface area contributed by atoms with Crippen LogP contribution in [0.5, 0.6) is 0 Å². The average Bonchev–Trinajstić information content (AvgIpc) is 2.78. The summed E-state index contributed by atoms with van der Waals surface area (Å²) in [5.41, 5.74) is 3.17. The van der Waals surface area contributed by atoms with E-state index >= 15 is 0 Å². The highest BCUT2D eigenvalue weighted by Gasteiger charge is 2.22. The summed E-state index contributed by atoms with van der Waals surface area (Å²) in [6.45, 7) is 2.51. The number of nitriles is 1. The molecule has 7 heteroatoms. The Morgan fingerprint density at radius 3 is 2.93 bits per heavy atom. The number of aliphatic imine (C=N–C) groups is 1. The zero-order valence-electron chi connectivity index (χ0n) is 17.5. The van der Waals surface area contributed by atoms with Crippen molar-refractivity contribution in [2.24, 2.45) is 4.99 Å². The summed E-state index contributed by atoms with van der Waals surface area (Å²) in [6, 6.07) is 15.2. The summed E-state index contributed by atoms with van der Waals surface area (Å²) >= 11 is 0. The zero-order valence-corrected chi connectivity index (χ0v) is 17.5. The minimum atomic E-state index is -0.261. The smallest absolute Gasteiger partial charge is 0.191 e. The molecule has 1 aliphatic heterocycles. The summed E-state index contributed by atoms with van der Waals surface area (Å²) in [7, 11) is 3.29. The van der Waals surface area contributed by atoms with Gasteiger partial charge in [0.05, 0.1) is 17.9 Å². The van der Waals surface area contributed by atoms with Gasteiger partial charge in [-0.3, -0.25) is 4.99 Å². The molecule has 0 spiro atoms. The van der Waals surface area contributed by atoms with Crippen molar-refractivity contribution in [2.75, 3.05) is 32.1 Å². The first-order valence-electron chi connectivity index (χ1n) is 10.1. The summed E-state index contributed by atoms with van der Waals surface area (Å²) in [6.07, 6.45) is 2.06. The van der Waals surface area contributed by atoms with Gasteiger partial charge in [-0.15, -0.1) is 0 Å². The molecule has 0 aliphatic carbocycles. The van der Waals surface area contributed by atoms with Gasteiger partial charge in [0.15, 0.2) is 5.96 Å². The van der Waals surface area contributed by atoms with E-state index in [1.165, 1.54) is 6.07 Å². The van der Waals surface area contributed by atoms with E-state index < -0.39 is 0 Å². The van der Waals surface area contributed by atoms with Crippen molar-refractivity contribution in [2.45, 2.75) is 32.0 Å². The van der Waals surface area contributed by atoms with Crippen LogP contribution in [0.3, 0.4) is 0 Å². The fourth-order valence-electron chi connectivity index (χ4n) is 3.74. The number of piperidine rings is 1. The van der Waals surface area contributed by atoms with Gasteiger partial charge in [0.25, 0.3) is 0 Å². The molecule has 158 valence electrons. The highest BCUT2D eigenvalue weighted by molar-refractivity contribution is 5.80. The second-order valence-electron chi connectivity index (χ2n) is 7.34. The monoisotopic (exact) mass is 409 g/mol. The fraction of sp³-hybridized carbons (Fsp3) is 0.391. The second kappa shape index (κ2) is 10.6. The molecule has 1 atom stereocenters. The lowest BCUT2D eigenvalue weighted by Gasteiger charge is -2.35. The van der Waals surface area contributed by atoms with Crippen molar-refractivity contribution < 1.29 is 9.13 Å². The maximum Gasteiger partial charge on any atom is 0.191 e. The second-order valence-corrected chi connectivity index (χ2v) is 7.34. The molecule has 1 heterocycles. The number of ether oxygens (including phenoxy) is 1. The van der Waals surface area contributed by atoms with E-state index in [2.05, 4.69) is 26.6 Å². The van der Waals surface area contributed by atoms with Crippen molar-refractivity contribution in [3.63, 3.8) is 0 Å². The Hall–Kier alpha value is -3.11. The van der Waals surface area contributed by atoms with Crippen LogP contribution in [0.15, 0.2) is 47.5 Å². The third-order valence-corrected chi connectivity index (χ3v) is 5.22. The Morgan fingerprint density at radius 2 is 2.17 bits per heavy atom. The van der Waals surface area contributed by atoms with Gasteiger partial charge >= 0.3 is 0 Å². The Balaban J connectivity index is 1.59. The molecule has 2 aromatic rings. The van der Waals surface area contributed by atoms with Gasteiger partial charge < -0.3 is 20.3 Å². The van der Waals surface area contributed by atoms with Gasteiger partial charge in [0.2, 0.25) is 0 Å². The highest BCUT2D eigenvalue weighted by Crippen LogP contribution is 2.23. The number of guanidine groups is 1. The predicted octanol–water partition coefficient (Wildman–Crippen LogP) is 3.18. The number of nitrogens with one attached hydrogen (secondary N) is 2. The molecule has 2 aromatic carbocycles. The lowest BCUT2D eigenvalue weighted by Crippen LogP contribution is -2.51. The molecule has 3 rings (SSSR count). The van der Waals surface area contributed by atoms with Crippen molar-refractivity contribution in [3.8, 4) is 6.07 Å². The third-order valence-electron chi connectivity index (χ3n) is 5.22. The molecule has 1 fully saturated rings. The van der Waals surface area contributed by atoms with Crippen molar-refractivity contribution in [3.05, 3.63) is 65.0 Å². The van der Waals surface area contributed by atoms with E-state index in [4.69, 9.17) is 4.74 Å². The van der Waals surface area contributed by atoms with Crippen molar-refractivity contribution in [1.82, 2.24) is 10.6 Å². The Kier molecular flexibility index (Phi) is 7.63. The lowest BCUT2D eigenvalue weighted by atomic mass is 10.0. The summed E-state index contributed by atoms with van der Waals surface area (Å²) in [4.78, 5) is 6.58. The molecule has 1 saturated heterocycles. The number of halogens is 1. The molecule has 6 nitrogen and oxygen atoms in total. The molecule has 2 N–H and O–H groups in total. The number of rotatable bonds is 6. The van der Waals surface area contributed by atoms with Crippen LogP contribution in [0.2, 0.25) is 0 Å². The zero-order chi connectivity index (χ0) is 21.3. The van der Waals surface area contributed by atoms with Crippen LogP contribution in [0.4, 0.5) is 10.1 Å². The van der Waals surface area contributed by atoms with Crippen LogP contribution in [0.25, 0.3) is 0 Å². The molecule has 0 saturated carbocycles. The predicted molar refractivity (Wildman–Crippen MR) is 117 cm³/mol. The molecule has 1 unspecified atom stereocenters. The average molecular weight is 410 g/mol. The van der Waals surface area contributed by atoms with Crippen molar-refractivity contribution >= 4 is 11.6 Å². The van der Waals surface area contributed by atoms with Crippen LogP contribution in [0, 0.1) is 17.1 Å². The summed E-state index contributed by atoms with van der Waals surface area (Å²) in [5, 5.41) is 16.2. The van der Waals surface area contributed by atoms with E-state index in [0.717, 1.165) is 37.2 Å². The Bertz CT molecular complexity index is 924. The molecular formula is C23H28FN5O. The first-order chi connectivity index (χ1) is 14.6. The van der Waals surface area contributed by atoms with E-state index in [0.29, 0.717) is 23.6 Å². The van der Waals surface area contributed by atoms with Crippen LogP contribution in [0.1, 0.15) is 29.5 Å². The number of nitrogens with zero attached hydrogens (tertiary/aromatic N) is 3. The first kappa shape index (κ1) is 21.6. The maximum absolute atomic E-state index is 13.8. The Labute approximate surface area is 177 Å². The minimum Gasteiger partial charge on any atom is -0.380 e. The Morgan fingerprint density at radius 1 is 1.33 bits per heavy atom. The van der Waals surface area contributed by atoms with Crippen LogP contribution in [-0.2, 0) is 17.9 Å².